The van der Waals surface area contributed by atoms with E-state index in [1.807, 2.05) is 6.26 Å². The molecule has 1 N–H and O–H groups in total. The van der Waals surface area contributed by atoms with Crippen molar-refractivity contribution in [1.82, 2.24) is 4.90 Å². The van der Waals surface area contributed by atoms with Crippen LogP contribution in [-0.4, -0.2) is 55.8 Å². The zero-order valence-electron chi connectivity index (χ0n) is 13.6. The van der Waals surface area contributed by atoms with E-state index in [0.29, 0.717) is 6.73 Å². The van der Waals surface area contributed by atoms with Gasteiger partial charge >= 0.3 is 0 Å². The van der Waals surface area contributed by atoms with Crippen LogP contribution in [0.15, 0.2) is 12.1 Å². The summed E-state index contributed by atoms with van der Waals surface area (Å²) in [5.74, 6) is 1.57. The van der Waals surface area contributed by atoms with E-state index in [2.05, 4.69) is 17.0 Å². The van der Waals surface area contributed by atoms with Crippen LogP contribution in [0.3, 0.4) is 0 Å². The molecule has 3 unspecified atom stereocenters. The third-order valence-corrected chi connectivity index (χ3v) is 5.58. The maximum atomic E-state index is 9.91. The fourth-order valence-electron chi connectivity index (χ4n) is 3.55. The van der Waals surface area contributed by atoms with E-state index >= 15 is 0 Å². The summed E-state index contributed by atoms with van der Waals surface area (Å²) in [5.41, 5.74) is 2.52. The predicted molar refractivity (Wildman–Crippen MR) is 86.5 cm³/mol. The summed E-state index contributed by atoms with van der Waals surface area (Å²) >= 11 is 1.66. The number of thioether (sulfide) groups is 1. The van der Waals surface area contributed by atoms with Crippen molar-refractivity contribution in [2.24, 2.45) is 5.92 Å². The Labute approximate surface area is 158 Å². The van der Waals surface area contributed by atoms with Gasteiger partial charge in [-0.25, -0.2) is 0 Å². The van der Waals surface area contributed by atoms with Crippen LogP contribution < -0.4 is 33.5 Å². The summed E-state index contributed by atoms with van der Waals surface area (Å²) in [4.78, 5) is 2.31. The zero-order chi connectivity index (χ0) is 15.7. The Hall–Kier alpha value is -0.220. The maximum Gasteiger partial charge on any atom is 0.161 e. The molecule has 3 atom stereocenters. The first-order valence-electron chi connectivity index (χ1n) is 7.47. The van der Waals surface area contributed by atoms with Gasteiger partial charge in [0.1, 0.15) is 12.2 Å². The Morgan fingerprint density at radius 1 is 1.30 bits per heavy atom. The minimum Gasteiger partial charge on any atom is -1.00 e. The molecular weight excluding hydrogens is 429 g/mol. The molecule has 2 aliphatic rings. The minimum atomic E-state index is 0. The lowest BCUT2D eigenvalue weighted by Gasteiger charge is -2.47. The molecule has 1 aromatic carbocycles. The molecule has 1 aromatic rings. The summed E-state index contributed by atoms with van der Waals surface area (Å²) in [6.07, 6.45) is 2.99. The standard InChI is InChI=1S/C16H23NO4S.HI/c1-19-13-6-10-4-5-17-9-21-16(22-3)12(8-18)15(17)11(10)7-14(13)20-2;/h6-7,12,15-16,18H,4-5,8-9H2,1-3H3;1H/p-1. The Morgan fingerprint density at radius 2 is 2.00 bits per heavy atom. The predicted octanol–water partition coefficient (Wildman–Crippen LogP) is -1.11. The van der Waals surface area contributed by atoms with Crippen LogP contribution in [0.1, 0.15) is 17.2 Å². The van der Waals surface area contributed by atoms with E-state index in [1.165, 1.54) is 11.1 Å². The highest BCUT2D eigenvalue weighted by Gasteiger charge is 2.42. The van der Waals surface area contributed by atoms with Gasteiger partial charge in [-0.2, -0.15) is 0 Å². The molecule has 0 bridgehead atoms. The SMILES string of the molecule is COc1cc2c(cc1OC)C1C(CO)C(SC)OCN1CC2.[I-]. The number of aliphatic hydroxyl groups is 1. The van der Waals surface area contributed by atoms with E-state index in [9.17, 15) is 5.11 Å². The van der Waals surface area contributed by atoms with Crippen LogP contribution in [0.25, 0.3) is 0 Å². The van der Waals surface area contributed by atoms with Gasteiger partial charge in [0, 0.05) is 18.5 Å². The maximum absolute atomic E-state index is 9.91. The fraction of sp³-hybridized carbons (Fsp3) is 0.625. The molecule has 1 fully saturated rings. The van der Waals surface area contributed by atoms with Crippen molar-refractivity contribution in [2.45, 2.75) is 17.9 Å². The van der Waals surface area contributed by atoms with E-state index in [1.54, 1.807) is 26.0 Å². The summed E-state index contributed by atoms with van der Waals surface area (Å²) in [7, 11) is 3.32. The van der Waals surface area contributed by atoms with E-state index in [-0.39, 0.29) is 48.0 Å². The van der Waals surface area contributed by atoms with Gasteiger partial charge in [-0.15, -0.1) is 11.8 Å². The molecule has 5 nitrogen and oxygen atoms in total. The third kappa shape index (κ3) is 3.44. The fourth-order valence-corrected chi connectivity index (χ4v) is 4.33. The topological polar surface area (TPSA) is 51.2 Å². The van der Waals surface area contributed by atoms with Crippen molar-refractivity contribution in [3.05, 3.63) is 23.3 Å². The number of ether oxygens (including phenoxy) is 3. The lowest BCUT2D eigenvalue weighted by Crippen LogP contribution is -3.00. The van der Waals surface area contributed by atoms with Crippen LogP contribution in [0.2, 0.25) is 0 Å². The summed E-state index contributed by atoms with van der Waals surface area (Å²) < 4.78 is 16.8. The van der Waals surface area contributed by atoms with Crippen LogP contribution in [-0.2, 0) is 11.2 Å². The van der Waals surface area contributed by atoms with Gasteiger partial charge < -0.3 is 43.3 Å². The second-order valence-electron chi connectivity index (χ2n) is 5.66. The quantitative estimate of drug-likeness (QED) is 0.586. The molecule has 2 heterocycles. The average molecular weight is 452 g/mol. The number of hydrogen-bond acceptors (Lipinski definition) is 6. The molecule has 0 radical (unpaired) electrons. The van der Waals surface area contributed by atoms with E-state index in [0.717, 1.165) is 24.5 Å². The molecule has 3 rings (SSSR count). The molecule has 2 aliphatic heterocycles. The van der Waals surface area contributed by atoms with Gasteiger partial charge in [-0.1, -0.05) is 0 Å². The van der Waals surface area contributed by atoms with Gasteiger partial charge in [-0.3, -0.25) is 4.90 Å². The molecule has 1 saturated heterocycles. The van der Waals surface area contributed by atoms with Crippen LogP contribution >= 0.6 is 11.8 Å². The van der Waals surface area contributed by atoms with Crippen molar-refractivity contribution >= 4 is 11.8 Å². The molecular formula is C16H23INO4S-. The molecule has 130 valence electrons. The van der Waals surface area contributed by atoms with Gasteiger partial charge in [0.05, 0.1) is 20.8 Å². The Morgan fingerprint density at radius 3 is 2.61 bits per heavy atom. The summed E-state index contributed by atoms with van der Waals surface area (Å²) in [6, 6.07) is 4.31. The van der Waals surface area contributed by atoms with Gasteiger partial charge in [-0.05, 0) is 35.9 Å². The second kappa shape index (κ2) is 8.24. The highest BCUT2D eigenvalue weighted by molar-refractivity contribution is 7.99. The first-order chi connectivity index (χ1) is 10.7. The Balaban J connectivity index is 0.00000192. The molecule has 23 heavy (non-hydrogen) atoms. The van der Waals surface area contributed by atoms with Crippen molar-refractivity contribution in [2.75, 3.05) is 40.4 Å². The molecule has 0 amide bonds. The number of fused-ring (bicyclic) bond motifs is 3. The smallest absolute Gasteiger partial charge is 0.161 e. The number of benzene rings is 1. The van der Waals surface area contributed by atoms with Crippen LogP contribution in [0, 0.1) is 5.92 Å². The van der Waals surface area contributed by atoms with Gasteiger partial charge in [0.2, 0.25) is 0 Å². The Kier molecular flexibility index (Phi) is 6.85. The number of aliphatic hydroxyl groups excluding tert-OH is 1. The first kappa shape index (κ1) is 19.1. The van der Waals surface area contributed by atoms with E-state index in [4.69, 9.17) is 14.2 Å². The van der Waals surface area contributed by atoms with Crippen LogP contribution in [0.5, 0.6) is 11.5 Å². The van der Waals surface area contributed by atoms with E-state index < -0.39 is 0 Å². The van der Waals surface area contributed by atoms with Crippen molar-refractivity contribution in [3.8, 4) is 11.5 Å². The molecule has 0 spiro atoms. The molecule has 0 aromatic heterocycles. The number of halogens is 1. The normalized spacial score (nSPS) is 26.7. The zero-order valence-corrected chi connectivity index (χ0v) is 16.6. The monoisotopic (exact) mass is 452 g/mol. The highest BCUT2D eigenvalue weighted by atomic mass is 127. The molecule has 7 heteroatoms. The first-order valence-corrected chi connectivity index (χ1v) is 8.76. The number of methoxy groups -OCH3 is 2. The lowest BCUT2D eigenvalue weighted by atomic mass is 9.84. The largest absolute Gasteiger partial charge is 1.00 e. The minimum absolute atomic E-state index is 0. The van der Waals surface area contributed by atoms with Crippen LogP contribution in [0.4, 0.5) is 0 Å². The third-order valence-electron chi connectivity index (χ3n) is 4.63. The number of rotatable bonds is 4. The molecule has 0 aliphatic carbocycles. The highest BCUT2D eigenvalue weighted by Crippen LogP contribution is 2.45. The Bertz CT molecular complexity index is 545. The number of nitrogens with zero attached hydrogens (tertiary/aromatic N) is 1. The van der Waals surface area contributed by atoms with Crippen molar-refractivity contribution < 1.29 is 43.3 Å². The number of hydrogen-bond donors (Lipinski definition) is 1. The van der Waals surface area contributed by atoms with Crippen molar-refractivity contribution in [1.29, 1.82) is 0 Å². The average Bonchev–Trinajstić information content (AvgIpc) is 2.58. The summed E-state index contributed by atoms with van der Waals surface area (Å²) in [5, 5.41) is 9.91. The lowest BCUT2D eigenvalue weighted by molar-refractivity contribution is -0.115. The van der Waals surface area contributed by atoms with Gasteiger partial charge in [0.25, 0.3) is 0 Å². The molecule has 0 saturated carbocycles. The van der Waals surface area contributed by atoms with Crippen molar-refractivity contribution in [3.63, 3.8) is 0 Å². The van der Waals surface area contributed by atoms with Gasteiger partial charge in [0.15, 0.2) is 11.5 Å². The second-order valence-corrected chi connectivity index (χ2v) is 6.60. The summed E-state index contributed by atoms with van der Waals surface area (Å²) in [6.45, 7) is 1.66.